The highest BCUT2D eigenvalue weighted by atomic mass is 16.5. The molecule has 1 aromatic carbocycles. The molecule has 106 valence electrons. The molecular formula is C14H17N3O3. The molecular weight excluding hydrogens is 258 g/mol. The average Bonchev–Trinajstić information content (AvgIpc) is 2.84. The first-order chi connectivity index (χ1) is 9.45. The largest absolute Gasteiger partial charge is 0.484 e. The number of hydrogen-bond acceptors (Lipinski definition) is 5. The van der Waals surface area contributed by atoms with Crippen LogP contribution in [0.15, 0.2) is 34.7 Å². The molecule has 0 spiro atoms. The maximum absolute atomic E-state index is 11.8. The first-order valence-corrected chi connectivity index (χ1v) is 6.27. The highest BCUT2D eigenvalue weighted by Crippen LogP contribution is 2.17. The molecule has 0 saturated heterocycles. The summed E-state index contributed by atoms with van der Waals surface area (Å²) in [6.07, 6.45) is 0. The number of benzene rings is 1. The lowest BCUT2D eigenvalue weighted by Gasteiger charge is -2.15. The van der Waals surface area contributed by atoms with Crippen molar-refractivity contribution in [1.29, 1.82) is 0 Å². The Kier molecular flexibility index (Phi) is 4.02. The van der Waals surface area contributed by atoms with E-state index in [1.54, 1.807) is 20.8 Å². The second-order valence-corrected chi connectivity index (χ2v) is 5.31. The molecule has 0 unspecified atom stereocenters. The minimum absolute atomic E-state index is 0.0802. The van der Waals surface area contributed by atoms with Crippen molar-refractivity contribution < 1.29 is 13.9 Å². The predicted octanol–water partition coefficient (Wildman–Crippen LogP) is 2.63. The molecule has 20 heavy (non-hydrogen) atoms. The molecule has 1 aromatic heterocycles. The molecule has 0 aliphatic heterocycles. The third-order valence-corrected chi connectivity index (χ3v) is 2.47. The smallest absolute Gasteiger partial charge is 0.322 e. The fraction of sp³-hybridized carbons (Fsp3) is 0.357. The Morgan fingerprint density at radius 3 is 2.60 bits per heavy atom. The number of nitrogens with zero attached hydrogens (tertiary/aromatic N) is 2. The van der Waals surface area contributed by atoms with E-state index >= 15 is 0 Å². The van der Waals surface area contributed by atoms with Crippen LogP contribution in [0.25, 0.3) is 0 Å². The minimum atomic E-state index is -0.519. The molecule has 0 aliphatic carbocycles. The van der Waals surface area contributed by atoms with Gasteiger partial charge in [-0.1, -0.05) is 44.1 Å². The molecule has 1 N–H and O–H groups in total. The SMILES string of the molecule is CC(C)(C)C(=O)Nc1nnc(COc2ccccc2)o1. The number of anilines is 1. The normalized spacial score (nSPS) is 11.2. The summed E-state index contributed by atoms with van der Waals surface area (Å²) in [5, 5.41) is 10.1. The van der Waals surface area contributed by atoms with Crippen LogP contribution in [0.4, 0.5) is 6.01 Å². The molecule has 0 saturated carbocycles. The standard InChI is InChI=1S/C14H17N3O3/c1-14(2,3)12(18)15-13-17-16-11(20-13)9-19-10-7-5-4-6-8-10/h4-8H,9H2,1-3H3,(H,15,17,18). The third-order valence-electron chi connectivity index (χ3n) is 2.47. The molecule has 2 rings (SSSR count). The van der Waals surface area contributed by atoms with E-state index in [0.717, 1.165) is 0 Å². The summed E-state index contributed by atoms with van der Waals surface area (Å²) in [5.74, 6) is 0.834. The zero-order valence-electron chi connectivity index (χ0n) is 11.7. The van der Waals surface area contributed by atoms with Crippen molar-refractivity contribution in [1.82, 2.24) is 10.2 Å². The number of ether oxygens (including phenoxy) is 1. The summed E-state index contributed by atoms with van der Waals surface area (Å²) in [5.41, 5.74) is -0.519. The van der Waals surface area contributed by atoms with Crippen LogP contribution < -0.4 is 10.1 Å². The molecule has 6 heteroatoms. The van der Waals surface area contributed by atoms with Crippen LogP contribution in [0.5, 0.6) is 5.75 Å². The van der Waals surface area contributed by atoms with Gasteiger partial charge in [0, 0.05) is 5.41 Å². The van der Waals surface area contributed by atoms with Crippen molar-refractivity contribution in [2.45, 2.75) is 27.4 Å². The summed E-state index contributed by atoms with van der Waals surface area (Å²) in [6, 6.07) is 9.39. The fourth-order valence-corrected chi connectivity index (χ4v) is 1.31. The van der Waals surface area contributed by atoms with Gasteiger partial charge in [-0.15, -0.1) is 5.10 Å². The van der Waals surface area contributed by atoms with Crippen LogP contribution in [0.2, 0.25) is 0 Å². The van der Waals surface area contributed by atoms with Gasteiger partial charge in [0.25, 0.3) is 5.89 Å². The average molecular weight is 275 g/mol. The van der Waals surface area contributed by atoms with Gasteiger partial charge in [-0.2, -0.15) is 0 Å². The van der Waals surface area contributed by atoms with Gasteiger partial charge in [0.05, 0.1) is 0 Å². The van der Waals surface area contributed by atoms with Crippen LogP contribution in [0, 0.1) is 5.41 Å². The summed E-state index contributed by atoms with van der Waals surface area (Å²) in [6.45, 7) is 5.57. The van der Waals surface area contributed by atoms with Crippen LogP contribution in [0.1, 0.15) is 26.7 Å². The lowest BCUT2D eigenvalue weighted by Crippen LogP contribution is -2.27. The number of carbonyl (C=O) groups excluding carboxylic acids is 1. The zero-order chi connectivity index (χ0) is 14.6. The number of carbonyl (C=O) groups is 1. The Balaban J connectivity index is 1.91. The van der Waals surface area contributed by atoms with Gasteiger partial charge in [-0.3, -0.25) is 10.1 Å². The van der Waals surface area contributed by atoms with Crippen molar-refractivity contribution in [3.8, 4) is 5.75 Å². The quantitative estimate of drug-likeness (QED) is 0.928. The molecule has 6 nitrogen and oxygen atoms in total. The van der Waals surface area contributed by atoms with Gasteiger partial charge >= 0.3 is 6.01 Å². The fourth-order valence-electron chi connectivity index (χ4n) is 1.31. The number of aromatic nitrogens is 2. The highest BCUT2D eigenvalue weighted by molar-refractivity contribution is 5.92. The zero-order valence-corrected chi connectivity index (χ0v) is 11.7. The van der Waals surface area contributed by atoms with Gasteiger partial charge < -0.3 is 9.15 Å². The van der Waals surface area contributed by atoms with Crippen molar-refractivity contribution >= 4 is 11.9 Å². The first kappa shape index (κ1) is 14.0. The van der Waals surface area contributed by atoms with Crippen LogP contribution in [0.3, 0.4) is 0 Å². The maximum Gasteiger partial charge on any atom is 0.322 e. The minimum Gasteiger partial charge on any atom is -0.484 e. The summed E-state index contributed by atoms with van der Waals surface area (Å²) in [7, 11) is 0. The first-order valence-electron chi connectivity index (χ1n) is 6.27. The Bertz CT molecular complexity index is 573. The molecule has 0 bridgehead atoms. The predicted molar refractivity (Wildman–Crippen MR) is 73.2 cm³/mol. The summed E-state index contributed by atoms with van der Waals surface area (Å²) < 4.78 is 10.8. The third kappa shape index (κ3) is 3.81. The number of amides is 1. The van der Waals surface area contributed by atoms with E-state index < -0.39 is 5.41 Å². The number of hydrogen-bond donors (Lipinski definition) is 1. The van der Waals surface area contributed by atoms with Gasteiger partial charge in [-0.25, -0.2) is 0 Å². The van der Waals surface area contributed by atoms with Gasteiger partial charge in [0.2, 0.25) is 5.91 Å². The Labute approximate surface area is 117 Å². The number of para-hydroxylation sites is 1. The Morgan fingerprint density at radius 1 is 1.25 bits per heavy atom. The Hall–Kier alpha value is -2.37. The molecule has 1 amide bonds. The van der Waals surface area contributed by atoms with Crippen LogP contribution in [-0.4, -0.2) is 16.1 Å². The van der Waals surface area contributed by atoms with E-state index in [-0.39, 0.29) is 18.5 Å². The van der Waals surface area contributed by atoms with E-state index in [1.165, 1.54) is 0 Å². The number of rotatable bonds is 4. The second kappa shape index (κ2) is 5.73. The number of nitrogens with one attached hydrogen (secondary N) is 1. The summed E-state index contributed by atoms with van der Waals surface area (Å²) in [4.78, 5) is 11.8. The molecule has 0 radical (unpaired) electrons. The van der Waals surface area contributed by atoms with Crippen LogP contribution >= 0.6 is 0 Å². The van der Waals surface area contributed by atoms with Crippen LogP contribution in [-0.2, 0) is 11.4 Å². The highest BCUT2D eigenvalue weighted by Gasteiger charge is 2.23. The van der Waals surface area contributed by atoms with E-state index in [2.05, 4.69) is 15.5 Å². The Morgan fingerprint density at radius 2 is 1.95 bits per heavy atom. The van der Waals surface area contributed by atoms with Crippen molar-refractivity contribution in [3.05, 3.63) is 36.2 Å². The monoisotopic (exact) mass is 275 g/mol. The van der Waals surface area contributed by atoms with E-state index in [1.807, 2.05) is 30.3 Å². The maximum atomic E-state index is 11.8. The second-order valence-electron chi connectivity index (χ2n) is 5.31. The lowest BCUT2D eigenvalue weighted by atomic mass is 9.96. The summed E-state index contributed by atoms with van der Waals surface area (Å²) >= 11 is 0. The van der Waals surface area contributed by atoms with Crippen molar-refractivity contribution in [2.75, 3.05) is 5.32 Å². The molecule has 0 fully saturated rings. The van der Waals surface area contributed by atoms with Crippen molar-refractivity contribution in [2.24, 2.45) is 5.41 Å². The van der Waals surface area contributed by atoms with E-state index in [0.29, 0.717) is 11.6 Å². The molecule has 1 heterocycles. The van der Waals surface area contributed by atoms with Gasteiger partial charge in [0.15, 0.2) is 6.61 Å². The van der Waals surface area contributed by atoms with E-state index in [9.17, 15) is 4.79 Å². The molecule has 2 aromatic rings. The van der Waals surface area contributed by atoms with Gasteiger partial charge in [-0.05, 0) is 12.1 Å². The van der Waals surface area contributed by atoms with Crippen molar-refractivity contribution in [3.63, 3.8) is 0 Å². The molecule has 0 atom stereocenters. The lowest BCUT2D eigenvalue weighted by molar-refractivity contribution is -0.123. The topological polar surface area (TPSA) is 77.2 Å². The molecule has 0 aliphatic rings. The van der Waals surface area contributed by atoms with E-state index in [4.69, 9.17) is 9.15 Å². The van der Waals surface area contributed by atoms with Gasteiger partial charge in [0.1, 0.15) is 5.75 Å².